The van der Waals surface area contributed by atoms with Crippen molar-refractivity contribution >= 4 is 22.9 Å². The normalized spacial score (nSPS) is 11.2. The summed E-state index contributed by atoms with van der Waals surface area (Å²) in [5.74, 6) is 0.353. The molecule has 1 aromatic carbocycles. The Kier molecular flexibility index (Phi) is 2.87. The van der Waals surface area contributed by atoms with Crippen LogP contribution in [-0.2, 0) is 11.8 Å². The molecule has 0 aliphatic carbocycles. The van der Waals surface area contributed by atoms with Gasteiger partial charge >= 0.3 is 0 Å². The van der Waals surface area contributed by atoms with E-state index in [0.29, 0.717) is 0 Å². The first-order valence-electron chi connectivity index (χ1n) is 5.23. The number of hydrogen-bond donors (Lipinski definition) is 1. The van der Waals surface area contributed by atoms with Gasteiger partial charge in [0, 0.05) is 24.2 Å². The number of benzene rings is 1. The molecule has 2 aromatic rings. The highest BCUT2D eigenvalue weighted by molar-refractivity contribution is 5.93. The minimum absolute atomic E-state index is 0.456. The zero-order chi connectivity index (χ0) is 12.4. The number of nitrogens with two attached hydrogens (primary N) is 1. The van der Waals surface area contributed by atoms with Gasteiger partial charge in [-0.3, -0.25) is 4.79 Å². The number of carbonyl (C=O) groups excluding carboxylic acids is 1. The number of aryl methyl sites for hydroxylation is 1. The molecule has 17 heavy (non-hydrogen) atoms. The smallest absolute Gasteiger partial charge is 0.241 e. The van der Waals surface area contributed by atoms with Crippen molar-refractivity contribution in [2.75, 3.05) is 7.11 Å². The lowest BCUT2D eigenvalue weighted by Crippen LogP contribution is -2.05. The van der Waals surface area contributed by atoms with Crippen LogP contribution in [-0.4, -0.2) is 17.6 Å². The number of hydrogen-bond acceptors (Lipinski definition) is 2. The van der Waals surface area contributed by atoms with Gasteiger partial charge in [-0.05, 0) is 18.2 Å². The van der Waals surface area contributed by atoms with Gasteiger partial charge in [0.2, 0.25) is 5.91 Å². The summed E-state index contributed by atoms with van der Waals surface area (Å²) in [5, 5.41) is 1.07. The summed E-state index contributed by atoms with van der Waals surface area (Å²) in [4.78, 5) is 10.7. The first kappa shape index (κ1) is 11.3. The summed E-state index contributed by atoms with van der Waals surface area (Å²) in [6.45, 7) is 0. The van der Waals surface area contributed by atoms with E-state index in [0.717, 1.165) is 22.3 Å². The predicted molar refractivity (Wildman–Crippen MR) is 67.7 cm³/mol. The summed E-state index contributed by atoms with van der Waals surface area (Å²) in [7, 11) is 3.56. The van der Waals surface area contributed by atoms with Gasteiger partial charge in [-0.15, -0.1) is 0 Å². The number of fused-ring (bicyclic) bond motifs is 1. The minimum atomic E-state index is -0.456. The molecule has 0 atom stereocenters. The average molecular weight is 230 g/mol. The molecule has 0 aliphatic heterocycles. The fraction of sp³-hybridized carbons (Fsp3) is 0.154. The van der Waals surface area contributed by atoms with Gasteiger partial charge in [-0.2, -0.15) is 0 Å². The van der Waals surface area contributed by atoms with E-state index in [1.165, 1.54) is 6.08 Å². The number of aromatic nitrogens is 1. The van der Waals surface area contributed by atoms with Gasteiger partial charge in [-0.25, -0.2) is 0 Å². The summed E-state index contributed by atoms with van der Waals surface area (Å²) < 4.78 is 7.28. The van der Waals surface area contributed by atoms with Crippen molar-refractivity contribution in [2.45, 2.75) is 0 Å². The van der Waals surface area contributed by atoms with Crippen LogP contribution in [0.3, 0.4) is 0 Å². The molecule has 0 radical (unpaired) electrons. The van der Waals surface area contributed by atoms with Gasteiger partial charge in [0.05, 0.1) is 12.6 Å². The Labute approximate surface area is 99.3 Å². The number of methoxy groups -OCH3 is 1. The summed E-state index contributed by atoms with van der Waals surface area (Å²) in [6, 6.07) is 7.82. The van der Waals surface area contributed by atoms with Gasteiger partial charge in [-0.1, -0.05) is 12.1 Å². The molecule has 2 rings (SSSR count). The quantitative estimate of drug-likeness (QED) is 0.816. The first-order chi connectivity index (χ1) is 8.13. The van der Waals surface area contributed by atoms with Crippen LogP contribution in [0.4, 0.5) is 0 Å². The molecular formula is C13H14N2O2. The van der Waals surface area contributed by atoms with Crippen molar-refractivity contribution in [1.29, 1.82) is 0 Å². The number of carbonyl (C=O) groups is 1. The van der Waals surface area contributed by atoms with Crippen molar-refractivity contribution in [3.05, 3.63) is 36.0 Å². The van der Waals surface area contributed by atoms with Crippen LogP contribution < -0.4 is 10.5 Å². The lowest BCUT2D eigenvalue weighted by Gasteiger charge is -2.05. The molecule has 1 amide bonds. The van der Waals surface area contributed by atoms with Crippen molar-refractivity contribution < 1.29 is 9.53 Å². The van der Waals surface area contributed by atoms with E-state index >= 15 is 0 Å². The van der Waals surface area contributed by atoms with Crippen LogP contribution in [0, 0.1) is 0 Å². The third-order valence-electron chi connectivity index (χ3n) is 2.69. The van der Waals surface area contributed by atoms with Crippen LogP contribution in [0.5, 0.6) is 5.75 Å². The topological polar surface area (TPSA) is 57.2 Å². The first-order valence-corrected chi connectivity index (χ1v) is 5.23. The predicted octanol–water partition coefficient (Wildman–Crippen LogP) is 1.69. The second kappa shape index (κ2) is 4.33. The number of nitrogens with zero attached hydrogens (tertiary/aromatic N) is 1. The third kappa shape index (κ3) is 2.01. The number of para-hydroxylation sites is 1. The number of amides is 1. The fourth-order valence-corrected chi connectivity index (χ4v) is 1.89. The van der Waals surface area contributed by atoms with Crippen LogP contribution >= 0.6 is 0 Å². The fourth-order valence-electron chi connectivity index (χ4n) is 1.89. The lowest BCUT2D eigenvalue weighted by atomic mass is 10.2. The molecule has 0 fully saturated rings. The highest BCUT2D eigenvalue weighted by Gasteiger charge is 2.08. The van der Waals surface area contributed by atoms with Crippen molar-refractivity contribution in [3.63, 3.8) is 0 Å². The van der Waals surface area contributed by atoms with E-state index < -0.39 is 5.91 Å². The molecule has 0 aliphatic rings. The number of rotatable bonds is 3. The minimum Gasteiger partial charge on any atom is -0.495 e. The third-order valence-corrected chi connectivity index (χ3v) is 2.69. The maximum absolute atomic E-state index is 10.7. The standard InChI is InChI=1S/C13H14N2O2/c1-15-10(6-7-12(14)16)8-9-4-3-5-11(17-2)13(9)15/h3-8H,1-2H3,(H2,14,16)/b7-6-. The Morgan fingerprint density at radius 3 is 2.88 bits per heavy atom. The summed E-state index contributed by atoms with van der Waals surface area (Å²) in [5.41, 5.74) is 6.99. The largest absolute Gasteiger partial charge is 0.495 e. The number of primary amides is 1. The lowest BCUT2D eigenvalue weighted by molar-refractivity contribution is -0.113. The Balaban J connectivity index is 2.61. The number of ether oxygens (including phenoxy) is 1. The van der Waals surface area contributed by atoms with Gasteiger partial charge < -0.3 is 15.0 Å². The molecule has 0 bridgehead atoms. The molecule has 0 saturated carbocycles. The van der Waals surface area contributed by atoms with E-state index in [-0.39, 0.29) is 0 Å². The highest BCUT2D eigenvalue weighted by atomic mass is 16.5. The Hall–Kier alpha value is -2.23. The van der Waals surface area contributed by atoms with E-state index in [2.05, 4.69) is 0 Å². The highest BCUT2D eigenvalue weighted by Crippen LogP contribution is 2.28. The molecule has 1 aromatic heterocycles. The van der Waals surface area contributed by atoms with E-state index in [1.54, 1.807) is 13.2 Å². The Morgan fingerprint density at radius 1 is 1.47 bits per heavy atom. The summed E-state index contributed by atoms with van der Waals surface area (Å²) in [6.07, 6.45) is 3.04. The van der Waals surface area contributed by atoms with Crippen LogP contribution in [0.1, 0.15) is 5.69 Å². The molecule has 4 nitrogen and oxygen atoms in total. The van der Waals surface area contributed by atoms with Crippen molar-refractivity contribution in [1.82, 2.24) is 4.57 Å². The molecule has 2 N–H and O–H groups in total. The maximum atomic E-state index is 10.7. The molecule has 1 heterocycles. The summed E-state index contributed by atoms with van der Waals surface area (Å²) >= 11 is 0. The van der Waals surface area contributed by atoms with Gasteiger partial charge in [0.1, 0.15) is 5.75 Å². The average Bonchev–Trinajstić information content (AvgIpc) is 2.64. The van der Waals surface area contributed by atoms with Gasteiger partial charge in [0.15, 0.2) is 0 Å². The van der Waals surface area contributed by atoms with Crippen LogP contribution in [0.2, 0.25) is 0 Å². The second-order valence-corrected chi connectivity index (χ2v) is 3.76. The molecular weight excluding hydrogens is 216 g/mol. The SMILES string of the molecule is COc1cccc2cc(/C=C\C(N)=O)n(C)c12. The monoisotopic (exact) mass is 230 g/mol. The molecule has 4 heteroatoms. The van der Waals surface area contributed by atoms with E-state index in [4.69, 9.17) is 10.5 Å². The molecule has 88 valence electrons. The Bertz CT molecular complexity index is 597. The van der Waals surface area contributed by atoms with Crippen LogP contribution in [0.15, 0.2) is 30.3 Å². The van der Waals surface area contributed by atoms with E-state index in [1.807, 2.05) is 35.9 Å². The van der Waals surface area contributed by atoms with Crippen LogP contribution in [0.25, 0.3) is 17.0 Å². The molecule has 0 saturated heterocycles. The second-order valence-electron chi connectivity index (χ2n) is 3.76. The maximum Gasteiger partial charge on any atom is 0.241 e. The van der Waals surface area contributed by atoms with Gasteiger partial charge in [0.25, 0.3) is 0 Å². The molecule has 0 unspecified atom stereocenters. The zero-order valence-corrected chi connectivity index (χ0v) is 9.81. The van der Waals surface area contributed by atoms with Crippen molar-refractivity contribution in [2.24, 2.45) is 12.8 Å². The molecule has 0 spiro atoms. The Morgan fingerprint density at radius 2 is 2.24 bits per heavy atom. The zero-order valence-electron chi connectivity index (χ0n) is 9.81. The van der Waals surface area contributed by atoms with Crippen molar-refractivity contribution in [3.8, 4) is 5.75 Å². The van der Waals surface area contributed by atoms with E-state index in [9.17, 15) is 4.79 Å².